The number of aryl methyl sites for hydroxylation is 1. The molecular formula is C18H29NO. The summed E-state index contributed by atoms with van der Waals surface area (Å²) >= 11 is 0. The molecule has 1 aromatic carbocycles. The van der Waals surface area contributed by atoms with Gasteiger partial charge in [-0.1, -0.05) is 64.4 Å². The second-order valence-electron chi connectivity index (χ2n) is 6.16. The molecule has 1 atom stereocenters. The standard InChI is InChI=1S/C18H29NO/c1-14(2)18(20)17(19-15(3)4)13-9-8-12-16-10-6-5-7-11-16/h5-7,10-11,14-15,17,19H,8-9,12-13H2,1-4H3. The molecule has 0 bridgehead atoms. The van der Waals surface area contributed by atoms with Gasteiger partial charge in [0, 0.05) is 12.0 Å². The van der Waals surface area contributed by atoms with E-state index in [0.717, 1.165) is 25.7 Å². The number of hydrogen-bond donors (Lipinski definition) is 1. The predicted octanol–water partition coefficient (Wildman–Crippen LogP) is 3.99. The van der Waals surface area contributed by atoms with Crippen molar-refractivity contribution in [2.75, 3.05) is 0 Å². The number of carbonyl (C=O) groups is 1. The molecule has 0 aliphatic heterocycles. The molecule has 0 fully saturated rings. The van der Waals surface area contributed by atoms with Crippen molar-refractivity contribution in [2.45, 2.75) is 65.5 Å². The van der Waals surface area contributed by atoms with Crippen LogP contribution >= 0.6 is 0 Å². The van der Waals surface area contributed by atoms with Gasteiger partial charge in [0.25, 0.3) is 0 Å². The van der Waals surface area contributed by atoms with Gasteiger partial charge in [0.2, 0.25) is 0 Å². The molecule has 2 heteroatoms. The summed E-state index contributed by atoms with van der Waals surface area (Å²) in [6.45, 7) is 8.18. The van der Waals surface area contributed by atoms with E-state index in [4.69, 9.17) is 0 Å². The molecular weight excluding hydrogens is 246 g/mol. The lowest BCUT2D eigenvalue weighted by Gasteiger charge is -2.22. The van der Waals surface area contributed by atoms with Crippen LogP contribution in [0.5, 0.6) is 0 Å². The highest BCUT2D eigenvalue weighted by atomic mass is 16.1. The number of rotatable bonds is 9. The van der Waals surface area contributed by atoms with Gasteiger partial charge >= 0.3 is 0 Å². The SMILES string of the molecule is CC(C)NC(CCCCc1ccccc1)C(=O)C(C)C. The van der Waals surface area contributed by atoms with Gasteiger partial charge in [-0.05, 0) is 24.8 Å². The van der Waals surface area contributed by atoms with Crippen LogP contribution in [0.25, 0.3) is 0 Å². The van der Waals surface area contributed by atoms with E-state index in [2.05, 4.69) is 43.4 Å². The van der Waals surface area contributed by atoms with Crippen molar-refractivity contribution in [2.24, 2.45) is 5.92 Å². The molecule has 0 aliphatic carbocycles. The Kier molecular flexibility index (Phi) is 7.53. The lowest BCUT2D eigenvalue weighted by Crippen LogP contribution is -2.42. The van der Waals surface area contributed by atoms with Crippen LogP contribution in [-0.2, 0) is 11.2 Å². The van der Waals surface area contributed by atoms with E-state index in [1.807, 2.05) is 19.9 Å². The molecule has 0 radical (unpaired) electrons. The maximum absolute atomic E-state index is 12.2. The minimum absolute atomic E-state index is 0.0192. The minimum Gasteiger partial charge on any atom is -0.305 e. The highest BCUT2D eigenvalue weighted by Crippen LogP contribution is 2.11. The van der Waals surface area contributed by atoms with Crippen molar-refractivity contribution in [3.05, 3.63) is 35.9 Å². The number of nitrogens with one attached hydrogen (secondary N) is 1. The Morgan fingerprint density at radius 1 is 1.05 bits per heavy atom. The predicted molar refractivity (Wildman–Crippen MR) is 85.9 cm³/mol. The summed E-state index contributed by atoms with van der Waals surface area (Å²) in [4.78, 5) is 12.2. The van der Waals surface area contributed by atoms with Crippen LogP contribution in [-0.4, -0.2) is 17.9 Å². The summed E-state index contributed by atoms with van der Waals surface area (Å²) in [5.41, 5.74) is 1.39. The zero-order valence-electron chi connectivity index (χ0n) is 13.4. The van der Waals surface area contributed by atoms with Crippen molar-refractivity contribution in [1.82, 2.24) is 5.32 Å². The van der Waals surface area contributed by atoms with Crippen LogP contribution in [0.4, 0.5) is 0 Å². The maximum Gasteiger partial charge on any atom is 0.152 e. The molecule has 0 saturated carbocycles. The van der Waals surface area contributed by atoms with Gasteiger partial charge in [-0.2, -0.15) is 0 Å². The number of unbranched alkanes of at least 4 members (excludes halogenated alkanes) is 1. The van der Waals surface area contributed by atoms with E-state index < -0.39 is 0 Å². The minimum atomic E-state index is 0.0192. The van der Waals surface area contributed by atoms with Crippen LogP contribution in [0, 0.1) is 5.92 Å². The Bertz CT molecular complexity index is 384. The fourth-order valence-electron chi connectivity index (χ4n) is 2.43. The molecule has 0 spiro atoms. The van der Waals surface area contributed by atoms with Gasteiger partial charge in [0.05, 0.1) is 6.04 Å². The van der Waals surface area contributed by atoms with Gasteiger partial charge in [0.1, 0.15) is 0 Å². The zero-order valence-corrected chi connectivity index (χ0v) is 13.4. The molecule has 1 unspecified atom stereocenters. The third kappa shape index (κ3) is 6.33. The number of carbonyl (C=O) groups excluding carboxylic acids is 1. The summed E-state index contributed by atoms with van der Waals surface area (Å²) in [5, 5.41) is 3.41. The first-order valence-corrected chi connectivity index (χ1v) is 7.84. The smallest absolute Gasteiger partial charge is 0.152 e. The second-order valence-corrected chi connectivity index (χ2v) is 6.16. The van der Waals surface area contributed by atoms with E-state index in [1.54, 1.807) is 0 Å². The number of hydrogen-bond acceptors (Lipinski definition) is 2. The molecule has 0 saturated heterocycles. The van der Waals surface area contributed by atoms with Crippen LogP contribution in [0.2, 0.25) is 0 Å². The van der Waals surface area contributed by atoms with Gasteiger partial charge in [-0.3, -0.25) is 4.79 Å². The topological polar surface area (TPSA) is 29.1 Å². The van der Waals surface area contributed by atoms with E-state index >= 15 is 0 Å². The van der Waals surface area contributed by atoms with E-state index in [1.165, 1.54) is 5.56 Å². The van der Waals surface area contributed by atoms with Crippen molar-refractivity contribution in [3.8, 4) is 0 Å². The summed E-state index contributed by atoms with van der Waals surface area (Å²) in [6, 6.07) is 10.9. The fourth-order valence-corrected chi connectivity index (χ4v) is 2.43. The largest absolute Gasteiger partial charge is 0.305 e. The quantitative estimate of drug-likeness (QED) is 0.690. The van der Waals surface area contributed by atoms with Crippen molar-refractivity contribution >= 4 is 5.78 Å². The van der Waals surface area contributed by atoms with Crippen LogP contribution in [0.3, 0.4) is 0 Å². The number of benzene rings is 1. The summed E-state index contributed by atoms with van der Waals surface area (Å²) < 4.78 is 0. The molecule has 0 heterocycles. The molecule has 1 rings (SSSR count). The van der Waals surface area contributed by atoms with Crippen LogP contribution < -0.4 is 5.32 Å². The monoisotopic (exact) mass is 275 g/mol. The molecule has 1 aromatic rings. The third-order valence-electron chi connectivity index (χ3n) is 3.50. The molecule has 20 heavy (non-hydrogen) atoms. The van der Waals surface area contributed by atoms with Gasteiger partial charge in [-0.15, -0.1) is 0 Å². The summed E-state index contributed by atoms with van der Waals surface area (Å²) in [7, 11) is 0. The highest BCUT2D eigenvalue weighted by molar-refractivity contribution is 5.85. The first-order valence-electron chi connectivity index (χ1n) is 7.84. The van der Waals surface area contributed by atoms with Crippen molar-refractivity contribution in [1.29, 1.82) is 0 Å². The van der Waals surface area contributed by atoms with Crippen LogP contribution in [0.1, 0.15) is 52.5 Å². The summed E-state index contributed by atoms with van der Waals surface area (Å²) in [5.74, 6) is 0.457. The molecule has 1 N–H and O–H groups in total. The Morgan fingerprint density at radius 2 is 1.70 bits per heavy atom. The molecule has 0 aliphatic rings. The molecule has 0 amide bonds. The first-order chi connectivity index (χ1) is 9.50. The molecule has 2 nitrogen and oxygen atoms in total. The van der Waals surface area contributed by atoms with E-state index in [-0.39, 0.29) is 12.0 Å². The fraction of sp³-hybridized carbons (Fsp3) is 0.611. The number of ketones is 1. The second kappa shape index (κ2) is 8.91. The summed E-state index contributed by atoms with van der Waals surface area (Å²) in [6.07, 6.45) is 4.29. The lowest BCUT2D eigenvalue weighted by molar-refractivity contribution is -0.124. The maximum atomic E-state index is 12.2. The molecule has 0 aromatic heterocycles. The lowest BCUT2D eigenvalue weighted by atomic mass is 9.95. The Hall–Kier alpha value is -1.15. The van der Waals surface area contributed by atoms with E-state index in [9.17, 15) is 4.79 Å². The zero-order chi connectivity index (χ0) is 15.0. The Balaban J connectivity index is 2.36. The van der Waals surface area contributed by atoms with Crippen LogP contribution in [0.15, 0.2) is 30.3 Å². The average Bonchev–Trinajstić information content (AvgIpc) is 2.42. The van der Waals surface area contributed by atoms with Crippen molar-refractivity contribution in [3.63, 3.8) is 0 Å². The first kappa shape index (κ1) is 16.9. The normalized spacial score (nSPS) is 12.9. The third-order valence-corrected chi connectivity index (χ3v) is 3.50. The van der Waals surface area contributed by atoms with Crippen molar-refractivity contribution < 1.29 is 4.79 Å². The van der Waals surface area contributed by atoms with Gasteiger partial charge in [-0.25, -0.2) is 0 Å². The van der Waals surface area contributed by atoms with Gasteiger partial charge in [0.15, 0.2) is 5.78 Å². The average molecular weight is 275 g/mol. The molecule has 112 valence electrons. The number of Topliss-reactive ketones (excluding diaryl/α,β-unsaturated/α-hetero) is 1. The highest BCUT2D eigenvalue weighted by Gasteiger charge is 2.20. The Morgan fingerprint density at radius 3 is 2.25 bits per heavy atom. The van der Waals surface area contributed by atoms with E-state index in [0.29, 0.717) is 11.8 Å². The Labute approximate surface area is 124 Å². The van der Waals surface area contributed by atoms with Gasteiger partial charge < -0.3 is 5.32 Å².